The number of amides is 1. The second-order valence-electron chi connectivity index (χ2n) is 14.6. The Morgan fingerprint density at radius 2 is 1.36 bits per heavy atom. The molecule has 9 rings (SSSR count). The summed E-state index contributed by atoms with van der Waals surface area (Å²) < 4.78 is 47.0. The molecule has 11 heteroatoms. The molecule has 0 saturated heterocycles. The number of aromatic nitrogens is 5. The third kappa shape index (κ3) is 6.06. The van der Waals surface area contributed by atoms with Gasteiger partial charge in [0.25, 0.3) is 5.91 Å². The number of benzene rings is 5. The molecule has 1 N–H and O–H groups in total. The lowest BCUT2D eigenvalue weighted by molar-refractivity contribution is -0.141. The van der Waals surface area contributed by atoms with Gasteiger partial charge in [0.2, 0.25) is 0 Å². The summed E-state index contributed by atoms with van der Waals surface area (Å²) in [6.07, 6.45) is 1.94. The van der Waals surface area contributed by atoms with E-state index in [-0.39, 0.29) is 35.2 Å². The van der Waals surface area contributed by atoms with Gasteiger partial charge in [-0.15, -0.1) is 0 Å². The zero-order valence-corrected chi connectivity index (χ0v) is 31.6. The third-order valence-corrected chi connectivity index (χ3v) is 11.1. The number of halogens is 3. The van der Waals surface area contributed by atoms with E-state index < -0.39 is 29.4 Å². The molecule has 1 atom stereocenters. The number of hydrogen-bond donors (Lipinski definition) is 1. The molecule has 5 aromatic carbocycles. The molecule has 0 radical (unpaired) electrons. The fourth-order valence-electron chi connectivity index (χ4n) is 8.54. The molecular weight excluding hydrogens is 738 g/mol. The highest BCUT2D eigenvalue weighted by Gasteiger charge is 2.42. The van der Waals surface area contributed by atoms with Crippen LogP contribution in [0, 0.1) is 6.92 Å². The largest absolute Gasteiger partial charge is 0.435 e. The summed E-state index contributed by atoms with van der Waals surface area (Å²) in [5.74, 6) is -0.412. The van der Waals surface area contributed by atoms with E-state index in [1.807, 2.05) is 121 Å². The lowest BCUT2D eigenvalue weighted by Gasteiger charge is -2.39. The van der Waals surface area contributed by atoms with E-state index >= 15 is 0 Å². The monoisotopic (exact) mass is 774 g/mol. The van der Waals surface area contributed by atoms with Crippen LogP contribution in [0.15, 0.2) is 152 Å². The van der Waals surface area contributed by atoms with Crippen molar-refractivity contribution in [2.24, 2.45) is 7.05 Å². The number of hydrogen-bond acceptors (Lipinski definition) is 5. The number of imidazole rings is 1. The molecule has 8 aromatic rings. The van der Waals surface area contributed by atoms with Crippen molar-refractivity contribution in [2.75, 3.05) is 11.4 Å². The molecule has 1 amide bonds. The molecule has 1 aliphatic rings. The van der Waals surface area contributed by atoms with Gasteiger partial charge in [0.15, 0.2) is 5.69 Å². The summed E-state index contributed by atoms with van der Waals surface area (Å²) in [5, 5.41) is 18.2. The molecule has 0 fully saturated rings. The van der Waals surface area contributed by atoms with Crippen molar-refractivity contribution >= 4 is 22.4 Å². The standard InChI is InChI=1S/C47H37F3N6O2/c1-30-18-19-31-25-51-26-41(37(31)22-30)55-21-20-36-38(40-28-54(2)53-44(40)47(48,49)50)23-32(24-39(36)45(55)58)43(57)42-27-52-29-56(42)46(33-12-6-3-7-13-33,34-14-8-4-9-15-34)35-16-10-5-11-17-35/h3-19,22-29,43,57H,20-21H2,1-2H3. The maximum Gasteiger partial charge on any atom is 0.435 e. The second kappa shape index (κ2) is 14.3. The lowest BCUT2D eigenvalue weighted by Crippen LogP contribution is -2.39. The first-order valence-corrected chi connectivity index (χ1v) is 18.9. The molecule has 4 heterocycles. The number of aliphatic hydroxyl groups is 1. The van der Waals surface area contributed by atoms with E-state index in [0.717, 1.165) is 37.7 Å². The van der Waals surface area contributed by atoms with Gasteiger partial charge in [0.05, 0.1) is 30.1 Å². The van der Waals surface area contributed by atoms with E-state index in [1.165, 1.54) is 13.2 Å². The predicted octanol–water partition coefficient (Wildman–Crippen LogP) is 9.28. The van der Waals surface area contributed by atoms with E-state index in [4.69, 9.17) is 0 Å². The minimum absolute atomic E-state index is 0.176. The molecule has 58 heavy (non-hydrogen) atoms. The molecule has 3 aromatic heterocycles. The van der Waals surface area contributed by atoms with Gasteiger partial charge in [-0.2, -0.15) is 18.3 Å². The number of pyridine rings is 1. The Morgan fingerprint density at radius 1 is 0.741 bits per heavy atom. The Morgan fingerprint density at radius 3 is 1.98 bits per heavy atom. The van der Waals surface area contributed by atoms with Crippen molar-refractivity contribution < 1.29 is 23.1 Å². The van der Waals surface area contributed by atoms with Crippen LogP contribution < -0.4 is 4.90 Å². The smallest absolute Gasteiger partial charge is 0.382 e. The van der Waals surface area contributed by atoms with Gasteiger partial charge in [0, 0.05) is 47.9 Å². The van der Waals surface area contributed by atoms with Gasteiger partial charge in [-0.25, -0.2) is 4.98 Å². The normalized spacial score (nSPS) is 13.8. The number of carbonyl (C=O) groups is 1. The quantitative estimate of drug-likeness (QED) is 0.156. The van der Waals surface area contributed by atoms with Crippen molar-refractivity contribution in [1.82, 2.24) is 24.3 Å². The number of fused-ring (bicyclic) bond motifs is 2. The van der Waals surface area contributed by atoms with Crippen LogP contribution in [0.4, 0.5) is 18.9 Å². The molecular formula is C47H37F3N6O2. The van der Waals surface area contributed by atoms with Crippen molar-refractivity contribution in [2.45, 2.75) is 31.2 Å². The third-order valence-electron chi connectivity index (χ3n) is 11.1. The zero-order valence-electron chi connectivity index (χ0n) is 31.6. The fourth-order valence-corrected chi connectivity index (χ4v) is 8.54. The molecule has 0 saturated carbocycles. The molecule has 288 valence electrons. The fraction of sp³-hybridized carbons (Fsp3) is 0.149. The Hall–Kier alpha value is -6.85. The van der Waals surface area contributed by atoms with E-state index in [1.54, 1.807) is 42.0 Å². The number of anilines is 1. The Balaban J connectivity index is 1.27. The van der Waals surface area contributed by atoms with E-state index in [2.05, 4.69) is 15.1 Å². The van der Waals surface area contributed by atoms with Gasteiger partial charge >= 0.3 is 6.18 Å². The topological polar surface area (TPSA) is 89.1 Å². The average molecular weight is 775 g/mol. The molecule has 1 unspecified atom stereocenters. The Kier molecular flexibility index (Phi) is 9.04. The zero-order chi connectivity index (χ0) is 40.2. The summed E-state index contributed by atoms with van der Waals surface area (Å²) >= 11 is 0. The van der Waals surface area contributed by atoms with Gasteiger partial charge in [-0.3, -0.25) is 14.5 Å². The number of aryl methyl sites for hydroxylation is 2. The summed E-state index contributed by atoms with van der Waals surface area (Å²) in [6, 6.07) is 38.7. The predicted molar refractivity (Wildman–Crippen MR) is 216 cm³/mol. The van der Waals surface area contributed by atoms with Crippen molar-refractivity contribution in [3.8, 4) is 11.1 Å². The summed E-state index contributed by atoms with van der Waals surface area (Å²) in [5.41, 5.74) is 3.35. The average Bonchev–Trinajstić information content (AvgIpc) is 3.90. The molecule has 8 nitrogen and oxygen atoms in total. The van der Waals surface area contributed by atoms with Crippen LogP contribution in [0.2, 0.25) is 0 Å². The highest BCUT2D eigenvalue weighted by Crippen LogP contribution is 2.45. The molecule has 1 aliphatic heterocycles. The van der Waals surface area contributed by atoms with Crippen molar-refractivity contribution in [1.29, 1.82) is 0 Å². The summed E-state index contributed by atoms with van der Waals surface area (Å²) in [4.78, 5) is 25.5. The maximum atomic E-state index is 14.8. The molecule has 0 spiro atoms. The summed E-state index contributed by atoms with van der Waals surface area (Å²) in [7, 11) is 1.43. The number of aliphatic hydroxyl groups excluding tert-OH is 1. The van der Waals surface area contributed by atoms with Gasteiger partial charge in [-0.1, -0.05) is 109 Å². The molecule has 0 bridgehead atoms. The minimum atomic E-state index is -4.78. The first-order valence-electron chi connectivity index (χ1n) is 18.9. The van der Waals surface area contributed by atoms with Crippen LogP contribution in [0.1, 0.15) is 61.2 Å². The highest BCUT2D eigenvalue weighted by molar-refractivity contribution is 6.13. The summed E-state index contributed by atoms with van der Waals surface area (Å²) in [6.45, 7) is 2.17. The van der Waals surface area contributed by atoms with Gasteiger partial charge < -0.3 is 14.6 Å². The number of alkyl halides is 3. The lowest BCUT2D eigenvalue weighted by atomic mass is 9.76. The Bertz CT molecular complexity index is 2700. The van der Waals surface area contributed by atoms with Crippen LogP contribution in [0.3, 0.4) is 0 Å². The minimum Gasteiger partial charge on any atom is -0.382 e. The van der Waals surface area contributed by atoms with Crippen molar-refractivity contribution in [3.05, 3.63) is 203 Å². The number of rotatable bonds is 8. The molecule has 0 aliphatic carbocycles. The van der Waals surface area contributed by atoms with Crippen LogP contribution in [-0.2, 0) is 25.2 Å². The number of nitrogens with zero attached hydrogens (tertiary/aromatic N) is 6. The highest BCUT2D eigenvalue weighted by atomic mass is 19.4. The van der Waals surface area contributed by atoms with Crippen LogP contribution in [-0.4, -0.2) is 41.9 Å². The van der Waals surface area contributed by atoms with Gasteiger partial charge in [-0.05, 0) is 64.9 Å². The number of carbonyl (C=O) groups excluding carboxylic acids is 1. The Labute approximate surface area is 332 Å². The maximum absolute atomic E-state index is 14.8. The van der Waals surface area contributed by atoms with Gasteiger partial charge in [0.1, 0.15) is 11.6 Å². The van der Waals surface area contributed by atoms with Crippen molar-refractivity contribution in [3.63, 3.8) is 0 Å². The first kappa shape index (κ1) is 36.8. The van der Waals surface area contributed by atoms with E-state index in [9.17, 15) is 23.1 Å². The second-order valence-corrected chi connectivity index (χ2v) is 14.6. The van der Waals surface area contributed by atoms with Crippen LogP contribution >= 0.6 is 0 Å². The van der Waals surface area contributed by atoms with Crippen LogP contribution in [0.25, 0.3) is 21.9 Å². The first-order chi connectivity index (χ1) is 28.1. The van der Waals surface area contributed by atoms with Crippen LogP contribution in [0.5, 0.6) is 0 Å². The van der Waals surface area contributed by atoms with E-state index in [0.29, 0.717) is 16.9 Å². The SMILES string of the molecule is Cc1ccc2cncc(N3CCc4c(cc(C(O)c5cncn5C(c5ccccc5)(c5ccccc5)c5ccccc5)cc4-c4cn(C)nc4C(F)(F)F)C3=O)c2c1.